The SMILES string of the molecule is O=C(COc1ccc2ccc(=O)oc2c1)OCC(=O)N1CCNC1=O. The molecule has 0 bridgehead atoms. The number of nitrogens with zero attached hydrogens (tertiary/aromatic N) is 1. The van der Waals surface area contributed by atoms with Gasteiger partial charge in [0.2, 0.25) is 0 Å². The quantitative estimate of drug-likeness (QED) is 0.610. The summed E-state index contributed by atoms with van der Waals surface area (Å²) < 4.78 is 15.1. The van der Waals surface area contributed by atoms with Crippen LogP contribution < -0.4 is 15.7 Å². The Labute approximate surface area is 141 Å². The van der Waals surface area contributed by atoms with Crippen LogP contribution in [0, 0.1) is 0 Å². The minimum atomic E-state index is -0.762. The molecule has 0 saturated carbocycles. The van der Waals surface area contributed by atoms with Gasteiger partial charge in [-0.05, 0) is 18.2 Å². The maximum absolute atomic E-state index is 11.7. The van der Waals surface area contributed by atoms with Gasteiger partial charge in [-0.3, -0.25) is 9.69 Å². The van der Waals surface area contributed by atoms with E-state index in [2.05, 4.69) is 5.32 Å². The molecule has 9 nitrogen and oxygen atoms in total. The van der Waals surface area contributed by atoms with Gasteiger partial charge in [0.15, 0.2) is 13.2 Å². The van der Waals surface area contributed by atoms with Crippen molar-refractivity contribution in [3.05, 3.63) is 40.8 Å². The average Bonchev–Trinajstić information content (AvgIpc) is 3.03. The van der Waals surface area contributed by atoms with Crippen molar-refractivity contribution in [1.29, 1.82) is 0 Å². The zero-order valence-electron chi connectivity index (χ0n) is 13.0. The lowest BCUT2D eigenvalue weighted by molar-refractivity contribution is -0.152. The lowest BCUT2D eigenvalue weighted by atomic mass is 10.2. The molecule has 1 aromatic heterocycles. The summed E-state index contributed by atoms with van der Waals surface area (Å²) in [6.07, 6.45) is 0. The number of hydrogen-bond donors (Lipinski definition) is 1. The van der Waals surface area contributed by atoms with Crippen LogP contribution in [0.25, 0.3) is 11.0 Å². The normalized spacial score (nSPS) is 13.6. The largest absolute Gasteiger partial charge is 0.482 e. The molecule has 25 heavy (non-hydrogen) atoms. The highest BCUT2D eigenvalue weighted by Gasteiger charge is 2.26. The first-order valence-electron chi connectivity index (χ1n) is 7.43. The number of ether oxygens (including phenoxy) is 2. The highest BCUT2D eigenvalue weighted by atomic mass is 16.6. The van der Waals surface area contributed by atoms with Gasteiger partial charge in [-0.2, -0.15) is 0 Å². The monoisotopic (exact) mass is 346 g/mol. The van der Waals surface area contributed by atoms with Crippen LogP contribution in [0.4, 0.5) is 4.79 Å². The number of carbonyl (C=O) groups excluding carboxylic acids is 3. The minimum Gasteiger partial charge on any atom is -0.482 e. The molecule has 9 heteroatoms. The molecule has 0 radical (unpaired) electrons. The molecule has 0 unspecified atom stereocenters. The van der Waals surface area contributed by atoms with Gasteiger partial charge >= 0.3 is 17.6 Å². The second-order valence-electron chi connectivity index (χ2n) is 5.18. The van der Waals surface area contributed by atoms with Gasteiger partial charge in [-0.1, -0.05) is 0 Å². The van der Waals surface area contributed by atoms with E-state index in [9.17, 15) is 19.2 Å². The Morgan fingerprint density at radius 1 is 1.16 bits per heavy atom. The summed E-state index contributed by atoms with van der Waals surface area (Å²) in [7, 11) is 0. The number of rotatable bonds is 5. The van der Waals surface area contributed by atoms with E-state index in [1.807, 2.05) is 0 Å². The Bertz CT molecular complexity index is 889. The molecule has 1 fully saturated rings. The number of imide groups is 1. The number of hydrogen-bond acceptors (Lipinski definition) is 7. The molecular weight excluding hydrogens is 332 g/mol. The molecule has 3 rings (SSSR count). The van der Waals surface area contributed by atoms with Crippen LogP contribution >= 0.6 is 0 Å². The van der Waals surface area contributed by atoms with Crippen LogP contribution in [0.1, 0.15) is 0 Å². The highest BCUT2D eigenvalue weighted by molar-refractivity contribution is 5.97. The number of amides is 3. The van der Waals surface area contributed by atoms with E-state index in [0.29, 0.717) is 23.3 Å². The third-order valence-corrected chi connectivity index (χ3v) is 3.47. The van der Waals surface area contributed by atoms with Gasteiger partial charge in [-0.15, -0.1) is 0 Å². The van der Waals surface area contributed by atoms with Crippen molar-refractivity contribution in [2.45, 2.75) is 0 Å². The van der Waals surface area contributed by atoms with Crippen LogP contribution in [-0.4, -0.2) is 49.1 Å². The number of urea groups is 1. The zero-order valence-corrected chi connectivity index (χ0v) is 13.0. The molecule has 2 heterocycles. The number of carbonyl (C=O) groups is 3. The Morgan fingerprint density at radius 3 is 2.72 bits per heavy atom. The Kier molecular flexibility index (Phi) is 4.64. The summed E-state index contributed by atoms with van der Waals surface area (Å²) in [5, 5.41) is 3.19. The average molecular weight is 346 g/mol. The Balaban J connectivity index is 1.51. The predicted octanol–water partition coefficient (Wildman–Crippen LogP) is 0.267. The molecule has 3 amide bonds. The fourth-order valence-corrected chi connectivity index (χ4v) is 2.24. The topological polar surface area (TPSA) is 115 Å². The molecule has 1 saturated heterocycles. The third kappa shape index (κ3) is 3.94. The van der Waals surface area contributed by atoms with E-state index in [1.165, 1.54) is 12.1 Å². The summed E-state index contributed by atoms with van der Waals surface area (Å²) in [5.41, 5.74) is -0.165. The summed E-state index contributed by atoms with van der Waals surface area (Å²) in [5.74, 6) is -1.05. The second-order valence-corrected chi connectivity index (χ2v) is 5.18. The standard InChI is InChI=1S/C16H14N2O7/c19-13(18-6-5-17-16(18)22)8-24-15(21)9-23-11-3-1-10-2-4-14(20)25-12(10)7-11/h1-4,7H,5-6,8-9H2,(H,17,22). The van der Waals surface area contributed by atoms with Crippen molar-refractivity contribution in [1.82, 2.24) is 10.2 Å². The summed E-state index contributed by atoms with van der Waals surface area (Å²) in [4.78, 5) is 46.8. The van der Waals surface area contributed by atoms with Crippen molar-refractivity contribution in [3.63, 3.8) is 0 Å². The molecule has 130 valence electrons. The molecule has 2 aromatic rings. The molecule has 1 aromatic carbocycles. The number of esters is 1. The van der Waals surface area contributed by atoms with Gasteiger partial charge < -0.3 is 19.2 Å². The summed E-state index contributed by atoms with van der Waals surface area (Å²) in [6, 6.07) is 7.17. The van der Waals surface area contributed by atoms with Gasteiger partial charge in [-0.25, -0.2) is 14.4 Å². The van der Waals surface area contributed by atoms with Crippen molar-refractivity contribution >= 4 is 28.9 Å². The first kappa shape index (κ1) is 16.5. The lowest BCUT2D eigenvalue weighted by Crippen LogP contribution is -2.37. The Morgan fingerprint density at radius 2 is 1.96 bits per heavy atom. The van der Waals surface area contributed by atoms with E-state index < -0.39 is 36.7 Å². The third-order valence-electron chi connectivity index (χ3n) is 3.47. The van der Waals surface area contributed by atoms with E-state index in [1.54, 1.807) is 18.2 Å². The smallest absolute Gasteiger partial charge is 0.344 e. The van der Waals surface area contributed by atoms with Crippen molar-refractivity contribution in [2.75, 3.05) is 26.3 Å². The van der Waals surface area contributed by atoms with Gasteiger partial charge in [0, 0.05) is 30.6 Å². The van der Waals surface area contributed by atoms with E-state index in [-0.39, 0.29) is 6.54 Å². The second kappa shape index (κ2) is 7.04. The molecule has 1 N–H and O–H groups in total. The zero-order chi connectivity index (χ0) is 17.8. The van der Waals surface area contributed by atoms with Crippen LogP contribution in [0.3, 0.4) is 0 Å². The molecule has 0 spiro atoms. The number of nitrogens with one attached hydrogen (secondary N) is 1. The van der Waals surface area contributed by atoms with Crippen molar-refractivity contribution in [3.8, 4) is 5.75 Å². The molecule has 0 atom stereocenters. The van der Waals surface area contributed by atoms with Crippen LogP contribution in [0.2, 0.25) is 0 Å². The van der Waals surface area contributed by atoms with Gasteiger partial charge in [0.1, 0.15) is 11.3 Å². The van der Waals surface area contributed by atoms with Crippen molar-refractivity contribution in [2.24, 2.45) is 0 Å². The molecule has 1 aliphatic heterocycles. The highest BCUT2D eigenvalue weighted by Crippen LogP contribution is 2.19. The summed E-state index contributed by atoms with van der Waals surface area (Å²) in [6.45, 7) is -0.349. The predicted molar refractivity (Wildman–Crippen MR) is 84.0 cm³/mol. The molecule has 0 aliphatic carbocycles. The van der Waals surface area contributed by atoms with Crippen LogP contribution in [0.15, 0.2) is 39.5 Å². The van der Waals surface area contributed by atoms with E-state index in [4.69, 9.17) is 13.9 Å². The first-order valence-corrected chi connectivity index (χ1v) is 7.43. The Hall–Kier alpha value is -3.36. The fraction of sp³-hybridized carbons (Fsp3) is 0.250. The van der Waals surface area contributed by atoms with Crippen molar-refractivity contribution < 1.29 is 28.3 Å². The number of benzene rings is 1. The fourth-order valence-electron chi connectivity index (χ4n) is 2.24. The summed E-state index contributed by atoms with van der Waals surface area (Å²) >= 11 is 0. The van der Waals surface area contributed by atoms with E-state index >= 15 is 0 Å². The van der Waals surface area contributed by atoms with E-state index in [0.717, 1.165) is 4.90 Å². The lowest BCUT2D eigenvalue weighted by Gasteiger charge is -2.12. The van der Waals surface area contributed by atoms with Crippen LogP contribution in [0.5, 0.6) is 5.75 Å². The van der Waals surface area contributed by atoms with Gasteiger partial charge in [0.25, 0.3) is 5.91 Å². The first-order chi connectivity index (χ1) is 12.0. The minimum absolute atomic E-state index is 0.244. The maximum Gasteiger partial charge on any atom is 0.344 e. The molecular formula is C16H14N2O7. The molecule has 1 aliphatic rings. The van der Waals surface area contributed by atoms with Gasteiger partial charge in [0.05, 0.1) is 0 Å². The number of fused-ring (bicyclic) bond motifs is 1. The maximum atomic E-state index is 11.7. The van der Waals surface area contributed by atoms with Crippen LogP contribution in [-0.2, 0) is 14.3 Å².